The van der Waals surface area contributed by atoms with Gasteiger partial charge in [0.1, 0.15) is 11.6 Å². The highest BCUT2D eigenvalue weighted by molar-refractivity contribution is 6.30. The monoisotopic (exact) mass is 454 g/mol. The van der Waals surface area contributed by atoms with E-state index in [0.29, 0.717) is 36.6 Å². The zero-order chi connectivity index (χ0) is 21.5. The van der Waals surface area contributed by atoms with Gasteiger partial charge >= 0.3 is 0 Å². The third kappa shape index (κ3) is 6.55. The van der Waals surface area contributed by atoms with E-state index in [1.807, 2.05) is 0 Å². The van der Waals surface area contributed by atoms with Gasteiger partial charge in [0.15, 0.2) is 6.61 Å². The van der Waals surface area contributed by atoms with Crippen LogP contribution in [-0.4, -0.2) is 42.0 Å². The molecule has 30 heavy (non-hydrogen) atoms. The van der Waals surface area contributed by atoms with Crippen LogP contribution in [0.15, 0.2) is 36.5 Å². The Morgan fingerprint density at radius 1 is 1.23 bits per heavy atom. The van der Waals surface area contributed by atoms with Crippen molar-refractivity contribution < 1.29 is 18.7 Å². The highest BCUT2D eigenvalue weighted by atomic mass is 35.5. The molecule has 1 aromatic carbocycles. The third-order valence-electron chi connectivity index (χ3n) is 4.59. The predicted molar refractivity (Wildman–Crippen MR) is 111 cm³/mol. The Kier molecular flexibility index (Phi) is 7.84. The molecule has 1 aliphatic rings. The maximum absolute atomic E-state index is 13.4. The number of aromatic nitrogens is 1. The Hall–Kier alpha value is -2.42. The molecule has 0 bridgehead atoms. The Balaban J connectivity index is 1.36. The van der Waals surface area contributed by atoms with Gasteiger partial charge < -0.3 is 20.7 Å². The molecule has 0 aliphatic carbocycles. The van der Waals surface area contributed by atoms with Gasteiger partial charge in [-0.25, -0.2) is 4.39 Å². The minimum atomic E-state index is -0.609. The topological polar surface area (TPSA) is 92.3 Å². The van der Waals surface area contributed by atoms with Crippen molar-refractivity contribution in [2.24, 2.45) is 0 Å². The van der Waals surface area contributed by atoms with E-state index in [-0.39, 0.29) is 41.3 Å². The lowest BCUT2D eigenvalue weighted by molar-refractivity contribution is -0.124. The predicted octanol–water partition coefficient (Wildman–Crippen LogP) is 2.46. The van der Waals surface area contributed by atoms with E-state index < -0.39 is 5.82 Å². The molecule has 0 radical (unpaired) electrons. The van der Waals surface area contributed by atoms with Gasteiger partial charge in [-0.05, 0) is 37.1 Å². The molecule has 10 heteroatoms. The lowest BCUT2D eigenvalue weighted by Gasteiger charge is -2.29. The van der Waals surface area contributed by atoms with Crippen molar-refractivity contribution in [1.82, 2.24) is 20.9 Å². The molecule has 3 N–H and O–H groups in total. The molecule has 2 heterocycles. The lowest BCUT2D eigenvalue weighted by Crippen LogP contribution is -2.54. The van der Waals surface area contributed by atoms with Crippen molar-refractivity contribution in [3.8, 4) is 5.75 Å². The molecule has 3 rings (SSSR count). The van der Waals surface area contributed by atoms with Crippen molar-refractivity contribution in [2.45, 2.75) is 31.5 Å². The Morgan fingerprint density at radius 2 is 2.07 bits per heavy atom. The number of piperidine rings is 1. The first-order valence-corrected chi connectivity index (χ1v) is 10.1. The Morgan fingerprint density at radius 3 is 2.73 bits per heavy atom. The molecule has 2 aromatic rings. The third-order valence-corrected chi connectivity index (χ3v) is 5.12. The van der Waals surface area contributed by atoms with Gasteiger partial charge in [-0.1, -0.05) is 23.2 Å². The second-order valence-corrected chi connectivity index (χ2v) is 7.70. The number of carbonyl (C=O) groups is 2. The average molecular weight is 455 g/mol. The molecule has 160 valence electrons. The summed E-state index contributed by atoms with van der Waals surface area (Å²) in [6.45, 7) is 0.533. The first-order valence-electron chi connectivity index (χ1n) is 9.39. The van der Waals surface area contributed by atoms with Crippen LogP contribution in [0.1, 0.15) is 18.5 Å². The fraction of sp³-hybridized carbons (Fsp3) is 0.350. The van der Waals surface area contributed by atoms with Crippen LogP contribution in [0.5, 0.6) is 5.75 Å². The number of hydrogen-bond donors (Lipinski definition) is 3. The van der Waals surface area contributed by atoms with Gasteiger partial charge in [-0.3, -0.25) is 14.6 Å². The van der Waals surface area contributed by atoms with E-state index in [2.05, 4.69) is 20.9 Å². The van der Waals surface area contributed by atoms with Crippen LogP contribution in [0.4, 0.5) is 4.39 Å². The van der Waals surface area contributed by atoms with E-state index in [0.717, 1.165) is 6.07 Å². The van der Waals surface area contributed by atoms with Crippen LogP contribution in [0.3, 0.4) is 0 Å². The molecule has 2 amide bonds. The smallest absolute Gasteiger partial charge is 0.258 e. The number of nitrogens with one attached hydrogen (secondary N) is 3. The van der Waals surface area contributed by atoms with Crippen molar-refractivity contribution in [3.05, 3.63) is 58.1 Å². The van der Waals surface area contributed by atoms with Gasteiger partial charge in [-0.2, -0.15) is 0 Å². The maximum Gasteiger partial charge on any atom is 0.258 e. The SMILES string of the molecule is O=C(COc1ccc(Cl)c(F)c1)N[C@H]1CC[C@H](C(=O)NCc2ccc(Cl)cn2)NC1. The Bertz CT molecular complexity index is 890. The van der Waals surface area contributed by atoms with E-state index in [1.54, 1.807) is 12.1 Å². The molecule has 1 saturated heterocycles. The molecule has 0 spiro atoms. The van der Waals surface area contributed by atoms with Crippen LogP contribution >= 0.6 is 23.2 Å². The van der Waals surface area contributed by atoms with Crippen molar-refractivity contribution in [1.29, 1.82) is 0 Å². The number of benzene rings is 1. The van der Waals surface area contributed by atoms with Crippen LogP contribution in [0.25, 0.3) is 0 Å². The van der Waals surface area contributed by atoms with E-state index in [9.17, 15) is 14.0 Å². The van der Waals surface area contributed by atoms with Gasteiger partial charge in [0.2, 0.25) is 5.91 Å². The summed E-state index contributed by atoms with van der Waals surface area (Å²) in [4.78, 5) is 28.5. The van der Waals surface area contributed by atoms with Gasteiger partial charge in [0.05, 0.1) is 28.3 Å². The average Bonchev–Trinajstić information content (AvgIpc) is 2.74. The number of carbonyl (C=O) groups excluding carboxylic acids is 2. The zero-order valence-electron chi connectivity index (χ0n) is 16.0. The van der Waals surface area contributed by atoms with Gasteiger partial charge in [0, 0.05) is 24.8 Å². The molecule has 2 atom stereocenters. The molecule has 7 nitrogen and oxygen atoms in total. The molecular formula is C20H21Cl2FN4O3. The summed E-state index contributed by atoms with van der Waals surface area (Å²) in [5, 5.41) is 9.34. The normalized spacial score (nSPS) is 18.5. The zero-order valence-corrected chi connectivity index (χ0v) is 17.5. The van der Waals surface area contributed by atoms with Crippen molar-refractivity contribution >= 4 is 35.0 Å². The largest absolute Gasteiger partial charge is 0.484 e. The quantitative estimate of drug-likeness (QED) is 0.597. The van der Waals surface area contributed by atoms with Gasteiger partial charge in [-0.15, -0.1) is 0 Å². The maximum atomic E-state index is 13.4. The van der Waals surface area contributed by atoms with Crippen molar-refractivity contribution in [2.75, 3.05) is 13.2 Å². The minimum Gasteiger partial charge on any atom is -0.484 e. The van der Waals surface area contributed by atoms with E-state index in [4.69, 9.17) is 27.9 Å². The number of ether oxygens (including phenoxy) is 1. The summed E-state index contributed by atoms with van der Waals surface area (Å²) in [5.41, 5.74) is 0.717. The molecule has 1 aliphatic heterocycles. The van der Waals surface area contributed by atoms with E-state index >= 15 is 0 Å². The molecule has 1 fully saturated rings. The number of rotatable bonds is 7. The number of hydrogen-bond acceptors (Lipinski definition) is 5. The second-order valence-electron chi connectivity index (χ2n) is 6.85. The standard InChI is InChI=1S/C20H21Cl2FN4O3/c21-12-1-2-13(24-8-12)9-26-20(29)18-6-3-14(10-25-18)27-19(28)11-30-15-4-5-16(22)17(23)7-15/h1-2,4-5,7-8,14,18,25H,3,6,9-11H2,(H,26,29)(H,27,28)/t14-,18+/m0/s1. The van der Waals surface area contributed by atoms with Gasteiger partial charge in [0.25, 0.3) is 5.91 Å². The lowest BCUT2D eigenvalue weighted by atomic mass is 10.00. The number of pyridine rings is 1. The fourth-order valence-corrected chi connectivity index (χ4v) is 3.23. The minimum absolute atomic E-state index is 0.0110. The first-order chi connectivity index (χ1) is 14.4. The van der Waals surface area contributed by atoms with Crippen LogP contribution < -0.4 is 20.7 Å². The second kappa shape index (κ2) is 10.6. The number of halogens is 3. The highest BCUT2D eigenvalue weighted by Gasteiger charge is 2.26. The fourth-order valence-electron chi connectivity index (χ4n) is 3.00. The highest BCUT2D eigenvalue weighted by Crippen LogP contribution is 2.20. The van der Waals surface area contributed by atoms with Crippen LogP contribution in [0.2, 0.25) is 10.0 Å². The van der Waals surface area contributed by atoms with Crippen LogP contribution in [-0.2, 0) is 16.1 Å². The molecule has 1 aromatic heterocycles. The summed E-state index contributed by atoms with van der Waals surface area (Å²) in [6.07, 6.45) is 2.75. The summed E-state index contributed by atoms with van der Waals surface area (Å²) in [7, 11) is 0. The van der Waals surface area contributed by atoms with Crippen molar-refractivity contribution in [3.63, 3.8) is 0 Å². The molecular weight excluding hydrogens is 434 g/mol. The summed E-state index contributed by atoms with van der Waals surface area (Å²) < 4.78 is 18.7. The number of nitrogens with zero attached hydrogens (tertiary/aromatic N) is 1. The summed E-state index contributed by atoms with van der Waals surface area (Å²) in [5.74, 6) is -0.832. The molecule has 0 saturated carbocycles. The molecule has 0 unspecified atom stereocenters. The number of amides is 2. The Labute approximate surface area is 183 Å². The first kappa shape index (κ1) is 22.3. The van der Waals surface area contributed by atoms with Crippen LogP contribution in [0, 0.1) is 5.82 Å². The summed E-state index contributed by atoms with van der Waals surface area (Å²) >= 11 is 11.4. The van der Waals surface area contributed by atoms with E-state index in [1.165, 1.54) is 18.3 Å². The summed E-state index contributed by atoms with van der Waals surface area (Å²) in [6, 6.07) is 7.00.